The lowest BCUT2D eigenvalue weighted by Crippen LogP contribution is -2.12. The van der Waals surface area contributed by atoms with E-state index in [2.05, 4.69) is 26.2 Å². The maximum Gasteiger partial charge on any atom is 0.258 e. The van der Waals surface area contributed by atoms with E-state index in [9.17, 15) is 9.18 Å². The molecule has 4 nitrogen and oxygen atoms in total. The van der Waals surface area contributed by atoms with Crippen LogP contribution in [0.15, 0.2) is 40.9 Å². The first-order valence-electron chi connectivity index (χ1n) is 6.86. The Kier molecular flexibility index (Phi) is 4.58. The summed E-state index contributed by atoms with van der Waals surface area (Å²) < 4.78 is 20.2. The molecule has 23 heavy (non-hydrogen) atoms. The Bertz CT molecular complexity index is 882. The van der Waals surface area contributed by atoms with Crippen LogP contribution in [-0.2, 0) is 0 Å². The Hall–Kier alpha value is -1.99. The van der Waals surface area contributed by atoms with Crippen LogP contribution in [0.2, 0.25) is 0 Å². The van der Waals surface area contributed by atoms with Crippen LogP contribution in [0.5, 0.6) is 5.75 Å². The summed E-state index contributed by atoms with van der Waals surface area (Å²) >= 11 is 4.58. The minimum absolute atomic E-state index is 0.222. The molecule has 0 aliphatic rings. The number of nitrogens with zero attached hydrogens (tertiary/aromatic N) is 1. The van der Waals surface area contributed by atoms with Crippen LogP contribution in [0.4, 0.5) is 9.52 Å². The Balaban J connectivity index is 1.86. The van der Waals surface area contributed by atoms with Gasteiger partial charge in [-0.2, -0.15) is 0 Å². The largest absolute Gasteiger partial charge is 0.494 e. The highest BCUT2D eigenvalue weighted by Gasteiger charge is 2.14. The molecule has 0 aliphatic heterocycles. The predicted molar refractivity (Wildman–Crippen MR) is 92.8 cm³/mol. The molecule has 1 N–H and O–H groups in total. The van der Waals surface area contributed by atoms with Crippen molar-refractivity contribution in [2.24, 2.45) is 0 Å². The van der Waals surface area contributed by atoms with Gasteiger partial charge in [-0.3, -0.25) is 10.1 Å². The Morgan fingerprint density at radius 3 is 2.96 bits per heavy atom. The molecule has 0 spiro atoms. The van der Waals surface area contributed by atoms with Gasteiger partial charge in [0.25, 0.3) is 5.91 Å². The molecule has 0 fully saturated rings. The highest BCUT2D eigenvalue weighted by molar-refractivity contribution is 9.10. The van der Waals surface area contributed by atoms with Crippen LogP contribution in [0, 0.1) is 5.82 Å². The molecular weight excluding hydrogens is 383 g/mol. The standard InChI is InChI=1S/C16H12BrFN2O2S/c1-2-22-10-4-6-13-14(8-10)23-16(19-13)20-15(21)11-7-9(18)3-5-12(11)17/h3-8H,2H2,1H3,(H,19,20,21). The van der Waals surface area contributed by atoms with Crippen molar-refractivity contribution in [2.75, 3.05) is 11.9 Å². The molecule has 1 heterocycles. The zero-order chi connectivity index (χ0) is 16.4. The molecule has 0 saturated heterocycles. The molecule has 3 aromatic rings. The van der Waals surface area contributed by atoms with Crippen LogP contribution in [0.1, 0.15) is 17.3 Å². The second kappa shape index (κ2) is 6.64. The summed E-state index contributed by atoms with van der Waals surface area (Å²) in [7, 11) is 0. The fourth-order valence-corrected chi connectivity index (χ4v) is 3.37. The number of nitrogens with one attached hydrogen (secondary N) is 1. The number of aromatic nitrogens is 1. The van der Waals surface area contributed by atoms with Gasteiger partial charge >= 0.3 is 0 Å². The first-order valence-corrected chi connectivity index (χ1v) is 8.47. The molecule has 1 amide bonds. The fraction of sp³-hybridized carbons (Fsp3) is 0.125. The van der Waals surface area contributed by atoms with Crippen LogP contribution in [-0.4, -0.2) is 17.5 Å². The SMILES string of the molecule is CCOc1ccc2nc(NC(=O)c3cc(F)ccc3Br)sc2c1. The van der Waals surface area contributed by atoms with Gasteiger partial charge in [0.15, 0.2) is 5.13 Å². The summed E-state index contributed by atoms with van der Waals surface area (Å²) in [5.74, 6) is -0.126. The van der Waals surface area contributed by atoms with Crippen molar-refractivity contribution < 1.29 is 13.9 Å². The lowest BCUT2D eigenvalue weighted by molar-refractivity contribution is 0.102. The van der Waals surface area contributed by atoms with Crippen molar-refractivity contribution in [3.8, 4) is 5.75 Å². The van der Waals surface area contributed by atoms with E-state index < -0.39 is 11.7 Å². The highest BCUT2D eigenvalue weighted by Crippen LogP contribution is 2.30. The number of benzene rings is 2. The smallest absolute Gasteiger partial charge is 0.258 e. The molecule has 0 unspecified atom stereocenters. The minimum Gasteiger partial charge on any atom is -0.494 e. The number of ether oxygens (including phenoxy) is 1. The summed E-state index contributed by atoms with van der Waals surface area (Å²) in [5.41, 5.74) is 0.992. The summed E-state index contributed by atoms with van der Waals surface area (Å²) in [5, 5.41) is 3.15. The molecule has 0 atom stereocenters. The second-order valence-corrected chi connectivity index (χ2v) is 6.54. The lowest BCUT2D eigenvalue weighted by atomic mass is 10.2. The topological polar surface area (TPSA) is 51.2 Å². The van der Waals surface area contributed by atoms with Gasteiger partial charge < -0.3 is 4.74 Å². The number of halogens is 2. The molecule has 118 valence electrons. The Labute approximate surface area is 144 Å². The zero-order valence-corrected chi connectivity index (χ0v) is 14.5. The number of anilines is 1. The number of rotatable bonds is 4. The minimum atomic E-state index is -0.469. The average molecular weight is 395 g/mol. The van der Waals surface area contributed by atoms with Gasteiger partial charge in [-0.25, -0.2) is 9.37 Å². The number of fused-ring (bicyclic) bond motifs is 1. The third kappa shape index (κ3) is 3.51. The van der Waals surface area contributed by atoms with Gasteiger partial charge in [0.2, 0.25) is 0 Å². The van der Waals surface area contributed by atoms with E-state index in [1.165, 1.54) is 29.5 Å². The summed E-state index contributed by atoms with van der Waals surface area (Å²) in [4.78, 5) is 16.6. The predicted octanol–water partition coefficient (Wildman–Crippen LogP) is 4.85. The third-order valence-corrected chi connectivity index (χ3v) is 4.69. The zero-order valence-electron chi connectivity index (χ0n) is 12.1. The summed E-state index contributed by atoms with van der Waals surface area (Å²) in [6, 6.07) is 9.51. The summed E-state index contributed by atoms with van der Waals surface area (Å²) in [6.07, 6.45) is 0. The van der Waals surface area contributed by atoms with Crippen molar-refractivity contribution in [1.82, 2.24) is 4.98 Å². The monoisotopic (exact) mass is 394 g/mol. The molecule has 0 radical (unpaired) electrons. The van der Waals surface area contributed by atoms with Crippen molar-refractivity contribution >= 4 is 48.5 Å². The van der Waals surface area contributed by atoms with Crippen molar-refractivity contribution in [1.29, 1.82) is 0 Å². The van der Waals surface area contributed by atoms with Crippen LogP contribution < -0.4 is 10.1 Å². The normalized spacial score (nSPS) is 10.7. The van der Waals surface area contributed by atoms with E-state index in [0.717, 1.165) is 16.0 Å². The van der Waals surface area contributed by atoms with Gasteiger partial charge in [0.1, 0.15) is 11.6 Å². The fourth-order valence-electron chi connectivity index (χ4n) is 2.05. The molecule has 0 saturated carbocycles. The molecule has 0 bridgehead atoms. The van der Waals surface area contributed by atoms with E-state index in [4.69, 9.17) is 4.74 Å². The quantitative estimate of drug-likeness (QED) is 0.687. The third-order valence-electron chi connectivity index (χ3n) is 3.06. The van der Waals surface area contributed by atoms with Gasteiger partial charge in [-0.05, 0) is 59.3 Å². The average Bonchev–Trinajstić information content (AvgIpc) is 2.91. The van der Waals surface area contributed by atoms with Gasteiger partial charge in [0, 0.05) is 4.47 Å². The van der Waals surface area contributed by atoms with E-state index in [1.54, 1.807) is 0 Å². The molecule has 2 aromatic carbocycles. The Morgan fingerprint density at radius 1 is 1.35 bits per heavy atom. The molecular formula is C16H12BrFN2O2S. The summed E-state index contributed by atoms with van der Waals surface area (Å²) in [6.45, 7) is 2.50. The van der Waals surface area contributed by atoms with Crippen molar-refractivity contribution in [3.05, 3.63) is 52.3 Å². The van der Waals surface area contributed by atoms with E-state index in [1.807, 2.05) is 25.1 Å². The van der Waals surface area contributed by atoms with Crippen molar-refractivity contribution in [3.63, 3.8) is 0 Å². The molecule has 7 heteroatoms. The molecule has 1 aromatic heterocycles. The first-order chi connectivity index (χ1) is 11.1. The van der Waals surface area contributed by atoms with E-state index in [-0.39, 0.29) is 5.56 Å². The number of carbonyl (C=O) groups excluding carboxylic acids is 1. The van der Waals surface area contributed by atoms with Gasteiger partial charge in [0.05, 0.1) is 22.4 Å². The van der Waals surface area contributed by atoms with Gasteiger partial charge in [-0.1, -0.05) is 11.3 Å². The van der Waals surface area contributed by atoms with Crippen LogP contribution >= 0.6 is 27.3 Å². The number of hydrogen-bond acceptors (Lipinski definition) is 4. The maximum absolute atomic E-state index is 13.3. The number of hydrogen-bond donors (Lipinski definition) is 1. The van der Waals surface area contributed by atoms with E-state index in [0.29, 0.717) is 16.2 Å². The Morgan fingerprint density at radius 2 is 2.17 bits per heavy atom. The number of thiazole rings is 1. The highest BCUT2D eigenvalue weighted by atomic mass is 79.9. The van der Waals surface area contributed by atoms with Crippen LogP contribution in [0.3, 0.4) is 0 Å². The van der Waals surface area contributed by atoms with Crippen LogP contribution in [0.25, 0.3) is 10.2 Å². The number of amides is 1. The van der Waals surface area contributed by atoms with Crippen molar-refractivity contribution in [2.45, 2.75) is 6.92 Å². The van der Waals surface area contributed by atoms with E-state index >= 15 is 0 Å². The lowest BCUT2D eigenvalue weighted by Gasteiger charge is -2.04. The molecule has 3 rings (SSSR count). The maximum atomic E-state index is 13.3. The molecule has 0 aliphatic carbocycles. The van der Waals surface area contributed by atoms with Gasteiger partial charge in [-0.15, -0.1) is 0 Å². The second-order valence-electron chi connectivity index (χ2n) is 4.66. The first kappa shape index (κ1) is 15.9. The number of carbonyl (C=O) groups is 1.